The molecule has 0 fully saturated rings. The average molecular weight is 298 g/mol. The Hall–Kier alpha value is -0.630. The molecule has 0 aliphatic heterocycles. The van der Waals surface area contributed by atoms with Gasteiger partial charge in [-0.15, -0.1) is 0 Å². The maximum Gasteiger partial charge on any atom is 0.169 e. The number of halogens is 1. The van der Waals surface area contributed by atoms with E-state index in [4.69, 9.17) is 0 Å². The number of hydrogen-bond donors (Lipinski definition) is 0. The lowest BCUT2D eigenvalue weighted by atomic mass is 10.1. The minimum Gasteiger partial charge on any atom is -1.00 e. The molecule has 0 aliphatic carbocycles. The van der Waals surface area contributed by atoms with Crippen molar-refractivity contribution in [3.05, 3.63) is 36.7 Å². The van der Waals surface area contributed by atoms with E-state index in [1.54, 1.807) is 0 Å². The summed E-state index contributed by atoms with van der Waals surface area (Å²) < 4.78 is 2.26. The van der Waals surface area contributed by atoms with E-state index in [1.807, 2.05) is 6.08 Å². The SMILES string of the molecule is C=Cc1cc[n+](CCCCCCCC)cc1.[Br-]. The third-order valence-corrected chi connectivity index (χ3v) is 2.92. The van der Waals surface area contributed by atoms with Crippen molar-refractivity contribution in [1.82, 2.24) is 0 Å². The predicted molar refractivity (Wildman–Crippen MR) is 70.1 cm³/mol. The third kappa shape index (κ3) is 7.32. The van der Waals surface area contributed by atoms with Crippen LogP contribution in [0.15, 0.2) is 31.1 Å². The van der Waals surface area contributed by atoms with Gasteiger partial charge >= 0.3 is 0 Å². The molecule has 2 heteroatoms. The van der Waals surface area contributed by atoms with E-state index in [0.717, 1.165) is 6.54 Å². The van der Waals surface area contributed by atoms with Crippen LogP contribution < -0.4 is 21.5 Å². The number of aromatic nitrogens is 1. The minimum atomic E-state index is 0. The average Bonchev–Trinajstić information content (AvgIpc) is 2.34. The van der Waals surface area contributed by atoms with Crippen LogP contribution in [-0.2, 0) is 6.54 Å². The topological polar surface area (TPSA) is 3.88 Å². The molecule has 1 aromatic rings. The molecule has 0 radical (unpaired) electrons. The van der Waals surface area contributed by atoms with Gasteiger partial charge in [-0.3, -0.25) is 0 Å². The molecule has 0 aromatic carbocycles. The summed E-state index contributed by atoms with van der Waals surface area (Å²) in [7, 11) is 0. The highest BCUT2D eigenvalue weighted by Gasteiger charge is 1.99. The van der Waals surface area contributed by atoms with Gasteiger partial charge in [-0.2, -0.15) is 0 Å². The summed E-state index contributed by atoms with van der Waals surface area (Å²) >= 11 is 0. The summed E-state index contributed by atoms with van der Waals surface area (Å²) in [6, 6.07) is 4.23. The molecule has 1 rings (SSSR count). The van der Waals surface area contributed by atoms with Crippen LogP contribution in [0.3, 0.4) is 0 Å². The van der Waals surface area contributed by atoms with Gasteiger partial charge in [0.25, 0.3) is 0 Å². The Morgan fingerprint density at radius 3 is 2.24 bits per heavy atom. The molecular formula is C15H24BrN. The Morgan fingerprint density at radius 2 is 1.65 bits per heavy atom. The number of unbranched alkanes of at least 4 members (excludes halogenated alkanes) is 5. The normalized spacial score (nSPS) is 9.71. The van der Waals surface area contributed by atoms with Gasteiger partial charge < -0.3 is 17.0 Å². The van der Waals surface area contributed by atoms with Crippen LogP contribution in [0.4, 0.5) is 0 Å². The Balaban J connectivity index is 0.00000256. The highest BCUT2D eigenvalue weighted by molar-refractivity contribution is 5.44. The van der Waals surface area contributed by atoms with Gasteiger partial charge in [-0.05, 0) is 12.0 Å². The van der Waals surface area contributed by atoms with E-state index in [-0.39, 0.29) is 17.0 Å². The number of hydrogen-bond acceptors (Lipinski definition) is 0. The van der Waals surface area contributed by atoms with Gasteiger partial charge in [-0.25, -0.2) is 4.57 Å². The molecule has 0 bridgehead atoms. The summed E-state index contributed by atoms with van der Waals surface area (Å²) in [6.45, 7) is 7.16. The molecule has 0 saturated heterocycles. The fourth-order valence-electron chi connectivity index (χ4n) is 1.83. The standard InChI is InChI=1S/C15H24N.BrH/c1-3-5-6-7-8-9-12-16-13-10-15(4-2)11-14-16;/h4,10-11,13-14H,2-3,5-9,12H2,1H3;1H/q+1;/p-1. The molecule has 0 N–H and O–H groups in total. The second-order valence-corrected chi connectivity index (χ2v) is 4.34. The van der Waals surface area contributed by atoms with Crippen molar-refractivity contribution in [2.75, 3.05) is 0 Å². The maximum absolute atomic E-state index is 3.76. The van der Waals surface area contributed by atoms with Crippen molar-refractivity contribution in [2.24, 2.45) is 0 Å². The molecule has 1 heterocycles. The van der Waals surface area contributed by atoms with Crippen molar-refractivity contribution in [3.8, 4) is 0 Å². The maximum atomic E-state index is 3.76. The van der Waals surface area contributed by atoms with Crippen LogP contribution in [0.2, 0.25) is 0 Å². The zero-order chi connectivity index (χ0) is 11.6. The second kappa shape index (κ2) is 10.5. The van der Waals surface area contributed by atoms with Crippen LogP contribution >= 0.6 is 0 Å². The monoisotopic (exact) mass is 297 g/mol. The first-order valence-corrected chi connectivity index (χ1v) is 6.48. The third-order valence-electron chi connectivity index (χ3n) is 2.92. The first-order valence-electron chi connectivity index (χ1n) is 6.48. The Labute approximate surface area is 116 Å². The van der Waals surface area contributed by atoms with E-state index in [9.17, 15) is 0 Å². The lowest BCUT2D eigenvalue weighted by molar-refractivity contribution is -0.697. The molecule has 0 unspecified atom stereocenters. The largest absolute Gasteiger partial charge is 1.00 e. The lowest BCUT2D eigenvalue weighted by Gasteiger charge is -1.99. The second-order valence-electron chi connectivity index (χ2n) is 4.34. The van der Waals surface area contributed by atoms with Crippen molar-refractivity contribution in [3.63, 3.8) is 0 Å². The van der Waals surface area contributed by atoms with Crippen LogP contribution in [0.5, 0.6) is 0 Å². The quantitative estimate of drug-likeness (QED) is 0.498. The fourth-order valence-corrected chi connectivity index (χ4v) is 1.83. The Morgan fingerprint density at radius 1 is 1.06 bits per heavy atom. The number of rotatable bonds is 8. The lowest BCUT2D eigenvalue weighted by Crippen LogP contribution is -3.00. The molecule has 1 nitrogen and oxygen atoms in total. The molecule has 0 saturated carbocycles. The highest BCUT2D eigenvalue weighted by atomic mass is 79.9. The van der Waals surface area contributed by atoms with Crippen molar-refractivity contribution >= 4 is 6.08 Å². The van der Waals surface area contributed by atoms with Gasteiger partial charge in [0.1, 0.15) is 6.54 Å². The molecule has 0 aliphatic rings. The molecule has 17 heavy (non-hydrogen) atoms. The van der Waals surface area contributed by atoms with E-state index < -0.39 is 0 Å². The van der Waals surface area contributed by atoms with Crippen LogP contribution in [0.25, 0.3) is 6.08 Å². The van der Waals surface area contributed by atoms with E-state index in [2.05, 4.69) is 42.6 Å². The van der Waals surface area contributed by atoms with Crippen LogP contribution in [-0.4, -0.2) is 0 Å². The number of pyridine rings is 1. The molecule has 96 valence electrons. The van der Waals surface area contributed by atoms with Gasteiger partial charge in [-0.1, -0.05) is 45.3 Å². The van der Waals surface area contributed by atoms with Crippen LogP contribution in [0.1, 0.15) is 51.0 Å². The van der Waals surface area contributed by atoms with Crippen molar-refractivity contribution in [1.29, 1.82) is 0 Å². The van der Waals surface area contributed by atoms with Crippen molar-refractivity contribution < 1.29 is 21.5 Å². The van der Waals surface area contributed by atoms with E-state index in [1.165, 1.54) is 44.1 Å². The summed E-state index contributed by atoms with van der Waals surface area (Å²) in [4.78, 5) is 0. The van der Waals surface area contributed by atoms with E-state index >= 15 is 0 Å². The van der Waals surface area contributed by atoms with Gasteiger partial charge in [0.05, 0.1) is 0 Å². The fraction of sp³-hybridized carbons (Fsp3) is 0.533. The molecular weight excluding hydrogens is 274 g/mol. The summed E-state index contributed by atoms with van der Waals surface area (Å²) in [5, 5.41) is 0. The number of nitrogens with zero attached hydrogens (tertiary/aromatic N) is 1. The summed E-state index contributed by atoms with van der Waals surface area (Å²) in [5.41, 5.74) is 1.19. The summed E-state index contributed by atoms with van der Waals surface area (Å²) in [5.74, 6) is 0. The zero-order valence-electron chi connectivity index (χ0n) is 10.9. The minimum absolute atomic E-state index is 0. The van der Waals surface area contributed by atoms with Crippen molar-refractivity contribution in [2.45, 2.75) is 52.0 Å². The van der Waals surface area contributed by atoms with Gasteiger partial charge in [0, 0.05) is 18.6 Å². The summed E-state index contributed by atoms with van der Waals surface area (Å²) in [6.07, 6.45) is 14.3. The molecule has 0 atom stereocenters. The Bertz CT molecular complexity index is 292. The Kier molecular flexibility index (Phi) is 10.1. The van der Waals surface area contributed by atoms with Gasteiger partial charge in [0.2, 0.25) is 0 Å². The van der Waals surface area contributed by atoms with Gasteiger partial charge in [0.15, 0.2) is 12.4 Å². The van der Waals surface area contributed by atoms with Crippen LogP contribution in [0, 0.1) is 0 Å². The predicted octanol–water partition coefficient (Wildman–Crippen LogP) is 0.982. The molecule has 0 amide bonds. The number of aryl methyl sites for hydroxylation is 1. The smallest absolute Gasteiger partial charge is 0.169 e. The molecule has 0 spiro atoms. The first kappa shape index (κ1) is 16.4. The molecule has 1 aromatic heterocycles. The highest BCUT2D eigenvalue weighted by Crippen LogP contribution is 2.04. The zero-order valence-corrected chi connectivity index (χ0v) is 12.5. The first-order chi connectivity index (χ1) is 7.86. The van der Waals surface area contributed by atoms with E-state index in [0.29, 0.717) is 0 Å².